The molecule has 0 aliphatic rings. The van der Waals surface area contributed by atoms with Crippen LogP contribution in [0.3, 0.4) is 0 Å². The lowest BCUT2D eigenvalue weighted by molar-refractivity contribution is 0.0789. The van der Waals surface area contributed by atoms with Crippen molar-refractivity contribution in [2.45, 2.75) is 26.2 Å². The second-order valence-corrected chi connectivity index (χ2v) is 4.87. The normalized spacial score (nSPS) is 10.4. The third kappa shape index (κ3) is 4.22. The highest BCUT2D eigenvalue weighted by Gasteiger charge is 2.15. The molecule has 3 nitrogen and oxygen atoms in total. The lowest BCUT2D eigenvalue weighted by Gasteiger charge is -2.17. The van der Waals surface area contributed by atoms with Gasteiger partial charge >= 0.3 is 0 Å². The molecule has 0 aromatic heterocycles. The molecule has 1 rings (SSSR count). The maximum Gasteiger partial charge on any atom is 0.257 e. The number of benzene rings is 1. The second kappa shape index (κ2) is 7.27. The van der Waals surface area contributed by atoms with Crippen molar-refractivity contribution in [3.63, 3.8) is 0 Å². The first-order chi connectivity index (χ1) is 8.56. The molecule has 0 unspecified atom stereocenters. The van der Waals surface area contributed by atoms with Crippen LogP contribution in [-0.4, -0.2) is 35.4 Å². The summed E-state index contributed by atoms with van der Waals surface area (Å²) in [6.07, 6.45) is 2.92. The van der Waals surface area contributed by atoms with E-state index in [-0.39, 0.29) is 11.7 Å². The minimum atomic E-state index is -0.140. The van der Waals surface area contributed by atoms with Crippen LogP contribution in [0.4, 0.5) is 0 Å². The Morgan fingerprint density at radius 3 is 2.67 bits per heavy atom. The summed E-state index contributed by atoms with van der Waals surface area (Å²) in [6.45, 7) is 2.56. The van der Waals surface area contributed by atoms with E-state index in [1.165, 1.54) is 0 Å². The van der Waals surface area contributed by atoms with Crippen LogP contribution in [0.2, 0.25) is 0 Å². The van der Waals surface area contributed by atoms with Crippen molar-refractivity contribution in [2.24, 2.45) is 0 Å². The summed E-state index contributed by atoms with van der Waals surface area (Å²) in [7, 11) is 1.75. The van der Waals surface area contributed by atoms with Gasteiger partial charge in [-0.3, -0.25) is 4.79 Å². The molecule has 0 saturated carbocycles. The zero-order valence-corrected chi connectivity index (χ0v) is 11.7. The van der Waals surface area contributed by atoms with Gasteiger partial charge in [0, 0.05) is 19.5 Å². The topological polar surface area (TPSA) is 40.5 Å². The molecule has 1 aromatic rings. The van der Waals surface area contributed by atoms with Crippen LogP contribution in [0.15, 0.2) is 18.2 Å². The predicted octanol–water partition coefficient (Wildman–Crippen LogP) is 3.18. The fourth-order valence-electron chi connectivity index (χ4n) is 1.75. The molecular formula is C14H20ClNO2. The number of phenols is 1. The number of phenolic OH excluding ortho intramolecular Hbond substituents is 1. The van der Waals surface area contributed by atoms with E-state index < -0.39 is 0 Å². The van der Waals surface area contributed by atoms with Gasteiger partial charge in [0.15, 0.2) is 0 Å². The number of unbranched alkanes of at least 4 members (excludes halogenated alkanes) is 2. The van der Waals surface area contributed by atoms with Crippen LogP contribution in [0, 0.1) is 6.92 Å². The van der Waals surface area contributed by atoms with Gasteiger partial charge in [-0.1, -0.05) is 12.5 Å². The summed E-state index contributed by atoms with van der Waals surface area (Å²) in [5.74, 6) is 0.571. The molecule has 0 fully saturated rings. The van der Waals surface area contributed by atoms with Crippen molar-refractivity contribution >= 4 is 17.5 Å². The zero-order valence-electron chi connectivity index (χ0n) is 10.9. The summed E-state index contributed by atoms with van der Waals surface area (Å²) >= 11 is 5.60. The molecule has 0 aliphatic heterocycles. The van der Waals surface area contributed by atoms with E-state index in [0.29, 0.717) is 18.0 Å². The number of nitrogens with zero attached hydrogens (tertiary/aromatic N) is 1. The van der Waals surface area contributed by atoms with E-state index in [1.807, 2.05) is 13.0 Å². The highest BCUT2D eigenvalue weighted by atomic mass is 35.5. The van der Waals surface area contributed by atoms with Crippen molar-refractivity contribution in [3.8, 4) is 5.75 Å². The minimum absolute atomic E-state index is 0.0487. The Bertz CT molecular complexity index is 407. The molecule has 0 spiro atoms. The third-order valence-corrected chi connectivity index (χ3v) is 3.12. The van der Waals surface area contributed by atoms with Gasteiger partial charge in [-0.25, -0.2) is 0 Å². The lowest BCUT2D eigenvalue weighted by atomic mass is 10.1. The molecule has 0 saturated heterocycles. The summed E-state index contributed by atoms with van der Waals surface area (Å²) in [5.41, 5.74) is 1.30. The first-order valence-electron chi connectivity index (χ1n) is 6.17. The van der Waals surface area contributed by atoms with Crippen LogP contribution in [0.5, 0.6) is 5.75 Å². The molecule has 1 aromatic carbocycles. The van der Waals surface area contributed by atoms with Gasteiger partial charge in [0.25, 0.3) is 5.91 Å². The van der Waals surface area contributed by atoms with E-state index in [2.05, 4.69) is 0 Å². The van der Waals surface area contributed by atoms with E-state index in [1.54, 1.807) is 24.1 Å². The number of carbonyl (C=O) groups excluding carboxylic acids is 1. The van der Waals surface area contributed by atoms with Crippen molar-refractivity contribution < 1.29 is 9.90 Å². The smallest absolute Gasteiger partial charge is 0.257 e. The second-order valence-electron chi connectivity index (χ2n) is 4.50. The average molecular weight is 270 g/mol. The molecule has 0 bridgehead atoms. The van der Waals surface area contributed by atoms with Gasteiger partial charge in [0.05, 0.1) is 5.56 Å². The Balaban J connectivity index is 2.57. The molecular weight excluding hydrogens is 250 g/mol. The van der Waals surface area contributed by atoms with E-state index in [0.717, 1.165) is 24.8 Å². The largest absolute Gasteiger partial charge is 0.507 e. The first kappa shape index (κ1) is 14.8. The molecule has 18 heavy (non-hydrogen) atoms. The van der Waals surface area contributed by atoms with Crippen molar-refractivity contribution in [3.05, 3.63) is 29.3 Å². The van der Waals surface area contributed by atoms with Gasteiger partial charge in [0.2, 0.25) is 0 Å². The van der Waals surface area contributed by atoms with Crippen LogP contribution < -0.4 is 0 Å². The quantitative estimate of drug-likeness (QED) is 0.636. The molecule has 0 aliphatic carbocycles. The molecule has 0 atom stereocenters. The van der Waals surface area contributed by atoms with Crippen molar-refractivity contribution in [2.75, 3.05) is 19.5 Å². The van der Waals surface area contributed by atoms with Crippen molar-refractivity contribution in [1.29, 1.82) is 0 Å². The SMILES string of the molecule is Cc1ccc(C(=O)N(C)CCCCCCl)c(O)c1. The number of rotatable bonds is 6. The van der Waals surface area contributed by atoms with Gasteiger partial charge < -0.3 is 10.0 Å². The molecule has 1 amide bonds. The highest BCUT2D eigenvalue weighted by molar-refractivity contribution is 6.17. The van der Waals surface area contributed by atoms with E-state index >= 15 is 0 Å². The summed E-state index contributed by atoms with van der Waals surface area (Å²) in [5, 5.41) is 9.76. The maximum absolute atomic E-state index is 12.1. The highest BCUT2D eigenvalue weighted by Crippen LogP contribution is 2.20. The van der Waals surface area contributed by atoms with Crippen molar-refractivity contribution in [1.82, 2.24) is 4.90 Å². The van der Waals surface area contributed by atoms with Gasteiger partial charge in [-0.15, -0.1) is 11.6 Å². The van der Waals surface area contributed by atoms with Crippen LogP contribution in [0.1, 0.15) is 35.2 Å². The Morgan fingerprint density at radius 1 is 1.33 bits per heavy atom. The number of aromatic hydroxyl groups is 1. The van der Waals surface area contributed by atoms with Gasteiger partial charge in [-0.05, 0) is 37.5 Å². The molecule has 4 heteroatoms. The number of amides is 1. The number of hydrogen-bond donors (Lipinski definition) is 1. The Labute approximate surface area is 113 Å². The lowest BCUT2D eigenvalue weighted by Crippen LogP contribution is -2.27. The molecule has 100 valence electrons. The Kier molecular flexibility index (Phi) is 5.99. The fourth-order valence-corrected chi connectivity index (χ4v) is 1.94. The number of halogens is 1. The number of aryl methyl sites for hydroxylation is 1. The fraction of sp³-hybridized carbons (Fsp3) is 0.500. The van der Waals surface area contributed by atoms with Gasteiger partial charge in [0.1, 0.15) is 5.75 Å². The number of carbonyl (C=O) groups is 1. The van der Waals surface area contributed by atoms with E-state index in [4.69, 9.17) is 11.6 Å². The number of hydrogen-bond acceptors (Lipinski definition) is 2. The van der Waals surface area contributed by atoms with Gasteiger partial charge in [-0.2, -0.15) is 0 Å². The Morgan fingerprint density at radius 2 is 2.06 bits per heavy atom. The minimum Gasteiger partial charge on any atom is -0.507 e. The first-order valence-corrected chi connectivity index (χ1v) is 6.70. The maximum atomic E-state index is 12.1. The third-order valence-electron chi connectivity index (χ3n) is 2.86. The molecule has 0 radical (unpaired) electrons. The van der Waals surface area contributed by atoms with Crippen LogP contribution in [0.25, 0.3) is 0 Å². The average Bonchev–Trinajstić information content (AvgIpc) is 2.33. The van der Waals surface area contributed by atoms with Crippen LogP contribution in [-0.2, 0) is 0 Å². The predicted molar refractivity (Wildman–Crippen MR) is 74.4 cm³/mol. The zero-order chi connectivity index (χ0) is 13.5. The van der Waals surface area contributed by atoms with E-state index in [9.17, 15) is 9.90 Å². The summed E-state index contributed by atoms with van der Waals surface area (Å²) in [4.78, 5) is 13.7. The summed E-state index contributed by atoms with van der Waals surface area (Å²) in [6, 6.07) is 5.10. The molecule has 0 heterocycles. The molecule has 1 N–H and O–H groups in total. The Hall–Kier alpha value is -1.22. The number of alkyl halides is 1. The summed E-state index contributed by atoms with van der Waals surface area (Å²) < 4.78 is 0. The van der Waals surface area contributed by atoms with Crippen LogP contribution >= 0.6 is 11.6 Å². The monoisotopic (exact) mass is 269 g/mol. The standard InChI is InChI=1S/C14H20ClNO2/c1-11-6-7-12(13(17)10-11)14(18)16(2)9-5-3-4-8-15/h6-7,10,17H,3-5,8-9H2,1-2H3.